The van der Waals surface area contributed by atoms with Crippen molar-refractivity contribution in [1.82, 2.24) is 30.2 Å². The number of nitrogens with two attached hydrogens (primary N) is 1. The molecule has 1 aliphatic rings. The number of carbonyl (C=O) groups is 4. The number of aliphatic hydroxyl groups excluding tert-OH is 4. The molecule has 2 aromatic heterocycles. The van der Waals surface area contributed by atoms with Crippen LogP contribution in [0.3, 0.4) is 0 Å². The van der Waals surface area contributed by atoms with Crippen molar-refractivity contribution in [2.45, 2.75) is 63.1 Å². The minimum atomic E-state index is -5.54. The monoisotopic (exact) mass is 967 g/mol. The third-order valence-corrected chi connectivity index (χ3v) is 11.3. The van der Waals surface area contributed by atoms with E-state index in [-0.39, 0.29) is 35.9 Å². The van der Waals surface area contributed by atoms with E-state index in [0.717, 1.165) is 29.4 Å². The summed E-state index contributed by atoms with van der Waals surface area (Å²) in [6.07, 6.45) is -7.86. The second-order valence-electron chi connectivity index (χ2n) is 13.2. The van der Waals surface area contributed by atoms with Gasteiger partial charge in [0.15, 0.2) is 29.6 Å². The second kappa shape index (κ2) is 23.9. The number of nitrogens with zero attached hydrogens (tertiary/aromatic N) is 4. The van der Waals surface area contributed by atoms with Crippen LogP contribution in [-0.2, 0) is 60.2 Å². The van der Waals surface area contributed by atoms with Gasteiger partial charge >= 0.3 is 29.4 Å². The minimum Gasteiger partial charge on any atom is -0.448 e. The van der Waals surface area contributed by atoms with Gasteiger partial charge in [0.05, 0.1) is 26.1 Å². The molecule has 0 radical (unpaired) electrons. The van der Waals surface area contributed by atoms with E-state index in [4.69, 9.17) is 29.7 Å². The SMILES string of the molecule is C=CC(=O)OC(C(=O)C=C)C(O)CO.CC(C)(COP(=O)(O)OP(=O)(O)OC[C@H]1O[C@@H](n2cnc3c(N)ncnc32)[C@H](O)[C@@H]1OP(=O)(O)O)C(O)C(=O)NCCC(=O)NCCS. The lowest BCUT2D eigenvalue weighted by molar-refractivity contribution is -0.157. The Kier molecular flexibility index (Phi) is 21.1. The Morgan fingerprint density at radius 3 is 2.26 bits per heavy atom. The average Bonchev–Trinajstić information content (AvgIpc) is 3.76. The van der Waals surface area contributed by atoms with Gasteiger partial charge in [0.2, 0.25) is 11.8 Å². The number of imidazole rings is 1. The molecule has 0 saturated carbocycles. The molecule has 3 heterocycles. The maximum atomic E-state index is 12.6. The van der Waals surface area contributed by atoms with Crippen LogP contribution in [0.4, 0.5) is 5.82 Å². The Morgan fingerprint density at radius 1 is 1.03 bits per heavy atom. The van der Waals surface area contributed by atoms with Crippen molar-refractivity contribution < 1.29 is 100 Å². The number of aliphatic hydroxyl groups is 4. The maximum Gasteiger partial charge on any atom is 0.481 e. The molecule has 5 unspecified atom stereocenters. The number of rotatable bonds is 24. The van der Waals surface area contributed by atoms with E-state index in [1.807, 2.05) is 0 Å². The summed E-state index contributed by atoms with van der Waals surface area (Å²) >= 11 is 3.95. The van der Waals surface area contributed by atoms with Crippen molar-refractivity contribution in [2.24, 2.45) is 5.41 Å². The van der Waals surface area contributed by atoms with E-state index in [1.165, 1.54) is 13.8 Å². The molecule has 0 aliphatic carbocycles. The molecule has 2 amide bonds. The van der Waals surface area contributed by atoms with Gasteiger partial charge in [0.25, 0.3) is 0 Å². The molecule has 62 heavy (non-hydrogen) atoms. The Morgan fingerprint density at radius 2 is 1.68 bits per heavy atom. The minimum absolute atomic E-state index is 0.0363. The number of hydrogen-bond donors (Lipinski definition) is 12. The zero-order valence-corrected chi connectivity index (χ0v) is 36.3. The normalized spacial score (nSPS) is 21.2. The number of anilines is 1. The molecule has 0 bridgehead atoms. The fourth-order valence-corrected chi connectivity index (χ4v) is 7.79. The van der Waals surface area contributed by atoms with E-state index in [9.17, 15) is 62.7 Å². The maximum absolute atomic E-state index is 12.6. The molecule has 9 atom stereocenters. The molecule has 12 N–H and O–H groups in total. The highest BCUT2D eigenvalue weighted by molar-refractivity contribution is 7.80. The number of phosphoric acid groups is 3. The van der Waals surface area contributed by atoms with Crippen LogP contribution >= 0.6 is 36.1 Å². The zero-order valence-electron chi connectivity index (χ0n) is 32.8. The molecule has 0 spiro atoms. The number of nitrogens with one attached hydrogen (secondary N) is 2. The first-order valence-corrected chi connectivity index (χ1v) is 22.7. The van der Waals surface area contributed by atoms with Crippen LogP contribution in [0.5, 0.6) is 0 Å². The highest BCUT2D eigenvalue weighted by Gasteiger charge is 2.50. The number of ketones is 1. The van der Waals surface area contributed by atoms with E-state index >= 15 is 0 Å². The number of phosphoric ester groups is 3. The molecule has 3 rings (SSSR count). The van der Waals surface area contributed by atoms with E-state index in [2.05, 4.69) is 64.9 Å². The molecular weight excluding hydrogens is 919 g/mol. The fourth-order valence-electron chi connectivity index (χ4n) is 4.85. The van der Waals surface area contributed by atoms with Crippen molar-refractivity contribution in [3.8, 4) is 0 Å². The standard InChI is InChI=1S/C21H36N7O16P3S.C9H12O5/c1-21(2,16(31)19(32)24-4-3-12(29)23-5-6-48)8-41-47(38,39)44-46(36,37)40-7-11-15(43-45(33,34)35)14(30)20(42-11)28-10-27-13-17(22)25-9-26-18(13)28;1-3-6(11)9(7(12)5-10)14-8(13)4-2/h9-11,14-16,20,30-31,48H,3-8H2,1-2H3,(H,23,29)(H,24,32)(H,36,37)(H,38,39)(H2,22,25,26)(H2,33,34,35);3-4,7,9-10,12H,1-2,5H2/t11-,14-,15-,16?,20-;/m1./s1. The lowest BCUT2D eigenvalue weighted by Crippen LogP contribution is -2.46. The Hall–Kier alpha value is -3.57. The molecule has 2 aromatic rings. The topological polar surface area (TPSA) is 430 Å². The number of nitrogen functional groups attached to an aromatic ring is 1. The van der Waals surface area contributed by atoms with Crippen molar-refractivity contribution >= 4 is 76.6 Å². The summed E-state index contributed by atoms with van der Waals surface area (Å²) in [6.45, 7) is 6.34. The summed E-state index contributed by atoms with van der Waals surface area (Å²) in [7, 11) is -16.3. The first-order valence-electron chi connectivity index (χ1n) is 17.5. The predicted molar refractivity (Wildman–Crippen MR) is 212 cm³/mol. The Bertz CT molecular complexity index is 2040. The largest absolute Gasteiger partial charge is 0.481 e. The summed E-state index contributed by atoms with van der Waals surface area (Å²) in [5, 5.41) is 43.8. The van der Waals surface area contributed by atoms with Crippen molar-refractivity contribution in [2.75, 3.05) is 44.4 Å². The molecular formula is C30H48N7O21P3S. The van der Waals surface area contributed by atoms with Crippen LogP contribution in [0.2, 0.25) is 0 Å². The zero-order chi connectivity index (χ0) is 47.2. The summed E-state index contributed by atoms with van der Waals surface area (Å²) in [5.74, 6) is -2.47. The predicted octanol–water partition coefficient (Wildman–Crippen LogP) is -2.47. The van der Waals surface area contributed by atoms with Crippen LogP contribution in [-0.4, -0.2) is 158 Å². The third-order valence-electron chi connectivity index (χ3n) is 7.94. The highest BCUT2D eigenvalue weighted by atomic mass is 32.1. The van der Waals surface area contributed by atoms with Crippen LogP contribution in [0.25, 0.3) is 11.2 Å². The molecule has 0 aromatic carbocycles. The number of amides is 2. The van der Waals surface area contributed by atoms with Gasteiger partial charge in [-0.2, -0.15) is 16.9 Å². The summed E-state index contributed by atoms with van der Waals surface area (Å²) in [6, 6.07) is 0. The molecule has 1 fully saturated rings. The van der Waals surface area contributed by atoms with Gasteiger partial charge in [-0.3, -0.25) is 32.5 Å². The summed E-state index contributed by atoms with van der Waals surface area (Å²) in [5.41, 5.74) is 4.30. The lowest BCUT2D eigenvalue weighted by Gasteiger charge is -2.30. The van der Waals surface area contributed by atoms with Crippen LogP contribution in [0.1, 0.15) is 26.5 Å². The van der Waals surface area contributed by atoms with Crippen molar-refractivity contribution in [1.29, 1.82) is 0 Å². The number of ether oxygens (including phenoxy) is 2. The van der Waals surface area contributed by atoms with Crippen LogP contribution < -0.4 is 16.4 Å². The third kappa shape index (κ3) is 16.9. The first kappa shape index (κ1) is 54.6. The number of carbonyl (C=O) groups excluding carboxylic acids is 4. The summed E-state index contributed by atoms with van der Waals surface area (Å²) < 4.78 is 66.2. The Balaban J connectivity index is 0.000000807. The number of thiol groups is 1. The number of aromatic nitrogens is 4. The molecule has 1 aliphatic heterocycles. The van der Waals surface area contributed by atoms with Gasteiger partial charge in [-0.05, 0) is 6.08 Å². The van der Waals surface area contributed by atoms with Gasteiger partial charge in [0.1, 0.15) is 42.4 Å². The van der Waals surface area contributed by atoms with Gasteiger partial charge in [-0.15, -0.1) is 0 Å². The van der Waals surface area contributed by atoms with Crippen LogP contribution in [0.15, 0.2) is 38.0 Å². The Labute approximate surface area is 357 Å². The van der Waals surface area contributed by atoms with E-state index < -0.39 is 109 Å². The number of esters is 1. The smallest absolute Gasteiger partial charge is 0.448 e. The lowest BCUT2D eigenvalue weighted by atomic mass is 9.87. The van der Waals surface area contributed by atoms with Gasteiger partial charge < -0.3 is 65.8 Å². The van der Waals surface area contributed by atoms with Gasteiger partial charge in [-0.1, -0.05) is 27.0 Å². The average molecular weight is 968 g/mol. The first-order chi connectivity index (χ1) is 28.7. The molecule has 28 nitrogen and oxygen atoms in total. The summed E-state index contributed by atoms with van der Waals surface area (Å²) in [4.78, 5) is 96.4. The highest BCUT2D eigenvalue weighted by Crippen LogP contribution is 2.61. The van der Waals surface area contributed by atoms with Gasteiger partial charge in [-0.25, -0.2) is 33.4 Å². The quantitative estimate of drug-likeness (QED) is 0.0224. The molecule has 32 heteroatoms. The van der Waals surface area contributed by atoms with Crippen LogP contribution in [0, 0.1) is 5.41 Å². The van der Waals surface area contributed by atoms with Crippen molar-refractivity contribution in [3.05, 3.63) is 38.0 Å². The number of hydrogen-bond acceptors (Lipinski definition) is 22. The van der Waals surface area contributed by atoms with E-state index in [1.54, 1.807) is 0 Å². The fraction of sp³-hybridized carbons (Fsp3) is 0.567. The molecule has 1 saturated heterocycles. The van der Waals surface area contributed by atoms with Crippen molar-refractivity contribution in [3.63, 3.8) is 0 Å². The van der Waals surface area contributed by atoms with E-state index in [0.29, 0.717) is 12.3 Å². The molecule has 350 valence electrons. The second-order valence-corrected chi connectivity index (χ2v) is 17.9. The van der Waals surface area contributed by atoms with Gasteiger partial charge in [0, 0.05) is 36.8 Å². The number of fused-ring (bicyclic) bond motifs is 1.